The lowest BCUT2D eigenvalue weighted by Crippen LogP contribution is -2.18. The van der Waals surface area contributed by atoms with Crippen molar-refractivity contribution in [3.63, 3.8) is 0 Å². The molecule has 0 saturated heterocycles. The second kappa shape index (κ2) is 4.37. The van der Waals surface area contributed by atoms with E-state index in [0.717, 1.165) is 6.42 Å². The minimum atomic E-state index is 0.129. The largest absolute Gasteiger partial charge is 0.355 e. The van der Waals surface area contributed by atoms with Crippen LogP contribution in [0.25, 0.3) is 0 Å². The number of nitrogens with one attached hydrogen (secondary N) is 1. The molecule has 3 aliphatic rings. The highest BCUT2D eigenvalue weighted by Crippen LogP contribution is 2.34. The number of dihydropyridines is 1. The molecule has 0 unspecified atom stereocenters. The Labute approximate surface area is 122 Å². The van der Waals surface area contributed by atoms with Gasteiger partial charge < -0.3 is 5.32 Å². The molecule has 0 saturated carbocycles. The van der Waals surface area contributed by atoms with Crippen molar-refractivity contribution >= 4 is 0 Å². The number of hydrogen-bond donors (Lipinski definition) is 1. The second-order valence-corrected chi connectivity index (χ2v) is 7.16. The van der Waals surface area contributed by atoms with Crippen molar-refractivity contribution in [1.29, 1.82) is 0 Å². The smallest absolute Gasteiger partial charge is 0.0417 e. The molecular formula is C19H23N. The maximum Gasteiger partial charge on any atom is 0.0417 e. The average molecular weight is 265 g/mol. The highest BCUT2D eigenvalue weighted by molar-refractivity contribution is 5.51. The SMILES string of the molecule is CC1(C)C=CC2=C(C=C1)NC1=C(C=CC(C)(C)C=C1)C2. The second-order valence-electron chi connectivity index (χ2n) is 7.16. The summed E-state index contributed by atoms with van der Waals surface area (Å²) in [7, 11) is 0. The molecule has 0 fully saturated rings. The van der Waals surface area contributed by atoms with Crippen LogP contribution in [0.4, 0.5) is 0 Å². The van der Waals surface area contributed by atoms with Crippen LogP contribution >= 0.6 is 0 Å². The molecule has 0 aromatic rings. The molecule has 0 radical (unpaired) electrons. The molecule has 1 heteroatoms. The van der Waals surface area contributed by atoms with Crippen LogP contribution in [0.2, 0.25) is 0 Å². The van der Waals surface area contributed by atoms with Gasteiger partial charge in [0.15, 0.2) is 0 Å². The Hall–Kier alpha value is -1.76. The standard InChI is InChI=1S/C19H23N/c1-18(2)9-5-14-13-15-6-10-19(3,4)12-8-17(15)20-16(14)7-11-18/h5-12,20H,13H2,1-4H3. The first-order chi connectivity index (χ1) is 9.35. The van der Waals surface area contributed by atoms with E-state index in [0.29, 0.717) is 0 Å². The Morgan fingerprint density at radius 3 is 1.55 bits per heavy atom. The summed E-state index contributed by atoms with van der Waals surface area (Å²) in [6.45, 7) is 8.94. The molecule has 1 aliphatic heterocycles. The molecule has 0 atom stereocenters. The molecular weight excluding hydrogens is 242 g/mol. The van der Waals surface area contributed by atoms with Gasteiger partial charge in [-0.2, -0.15) is 0 Å². The first-order valence-corrected chi connectivity index (χ1v) is 7.35. The van der Waals surface area contributed by atoms with Crippen LogP contribution in [-0.4, -0.2) is 0 Å². The van der Waals surface area contributed by atoms with E-state index in [1.807, 2.05) is 0 Å². The third-order valence-corrected chi connectivity index (χ3v) is 4.13. The summed E-state index contributed by atoms with van der Waals surface area (Å²) in [5.74, 6) is 0. The van der Waals surface area contributed by atoms with Crippen LogP contribution in [0, 0.1) is 10.8 Å². The van der Waals surface area contributed by atoms with E-state index in [1.165, 1.54) is 22.5 Å². The summed E-state index contributed by atoms with van der Waals surface area (Å²) >= 11 is 0. The van der Waals surface area contributed by atoms with Gasteiger partial charge in [-0.1, -0.05) is 64.2 Å². The Balaban J connectivity index is 1.94. The van der Waals surface area contributed by atoms with Crippen molar-refractivity contribution in [2.75, 3.05) is 0 Å². The first kappa shape index (κ1) is 13.2. The Morgan fingerprint density at radius 1 is 0.700 bits per heavy atom. The Morgan fingerprint density at radius 2 is 1.10 bits per heavy atom. The fourth-order valence-corrected chi connectivity index (χ4v) is 2.63. The van der Waals surface area contributed by atoms with Gasteiger partial charge in [-0.25, -0.2) is 0 Å². The molecule has 3 rings (SSSR count). The molecule has 1 N–H and O–H groups in total. The van der Waals surface area contributed by atoms with Crippen molar-refractivity contribution in [2.45, 2.75) is 34.1 Å². The summed E-state index contributed by atoms with van der Waals surface area (Å²) < 4.78 is 0. The Kier molecular flexibility index (Phi) is 2.89. The fraction of sp³-hybridized carbons (Fsp3) is 0.368. The molecule has 0 amide bonds. The van der Waals surface area contributed by atoms with Crippen molar-refractivity contribution in [2.24, 2.45) is 10.8 Å². The average Bonchev–Trinajstić information content (AvgIpc) is 2.62. The van der Waals surface area contributed by atoms with E-state index < -0.39 is 0 Å². The maximum absolute atomic E-state index is 3.60. The molecule has 0 bridgehead atoms. The van der Waals surface area contributed by atoms with Crippen molar-refractivity contribution in [3.8, 4) is 0 Å². The van der Waals surface area contributed by atoms with Gasteiger partial charge in [-0.3, -0.25) is 0 Å². The van der Waals surface area contributed by atoms with Gasteiger partial charge in [0.2, 0.25) is 0 Å². The summed E-state index contributed by atoms with van der Waals surface area (Å²) in [4.78, 5) is 0. The molecule has 0 aromatic heterocycles. The van der Waals surface area contributed by atoms with Crippen LogP contribution in [0.3, 0.4) is 0 Å². The number of rotatable bonds is 0. The monoisotopic (exact) mass is 265 g/mol. The van der Waals surface area contributed by atoms with E-state index in [4.69, 9.17) is 0 Å². The van der Waals surface area contributed by atoms with Gasteiger partial charge in [-0.05, 0) is 23.3 Å². The molecule has 104 valence electrons. The van der Waals surface area contributed by atoms with Crippen LogP contribution < -0.4 is 5.32 Å². The predicted octanol–water partition coefficient (Wildman–Crippen LogP) is 4.79. The van der Waals surface area contributed by atoms with Crippen molar-refractivity contribution < 1.29 is 0 Å². The first-order valence-electron chi connectivity index (χ1n) is 7.35. The number of allylic oxidation sites excluding steroid dienone is 10. The summed E-state index contributed by atoms with van der Waals surface area (Å²) in [6, 6.07) is 0. The van der Waals surface area contributed by atoms with Gasteiger partial charge in [-0.15, -0.1) is 0 Å². The van der Waals surface area contributed by atoms with E-state index >= 15 is 0 Å². The van der Waals surface area contributed by atoms with Gasteiger partial charge in [0.05, 0.1) is 0 Å². The predicted molar refractivity (Wildman–Crippen MR) is 85.9 cm³/mol. The highest BCUT2D eigenvalue weighted by Gasteiger charge is 2.21. The molecule has 2 aliphatic carbocycles. The van der Waals surface area contributed by atoms with Gasteiger partial charge in [0, 0.05) is 28.6 Å². The Bertz CT molecular complexity index is 512. The molecule has 0 aromatic carbocycles. The van der Waals surface area contributed by atoms with Crippen LogP contribution in [0.1, 0.15) is 34.1 Å². The zero-order valence-corrected chi connectivity index (χ0v) is 12.8. The topological polar surface area (TPSA) is 12.0 Å². The lowest BCUT2D eigenvalue weighted by Gasteiger charge is -2.21. The van der Waals surface area contributed by atoms with Gasteiger partial charge in [0.25, 0.3) is 0 Å². The number of hydrogen-bond acceptors (Lipinski definition) is 1. The fourth-order valence-electron chi connectivity index (χ4n) is 2.63. The quantitative estimate of drug-likeness (QED) is 0.664. The van der Waals surface area contributed by atoms with Crippen LogP contribution in [-0.2, 0) is 0 Å². The molecule has 1 nitrogen and oxygen atoms in total. The molecule has 20 heavy (non-hydrogen) atoms. The van der Waals surface area contributed by atoms with E-state index in [-0.39, 0.29) is 10.8 Å². The minimum absolute atomic E-state index is 0.129. The third-order valence-electron chi connectivity index (χ3n) is 4.13. The summed E-state index contributed by atoms with van der Waals surface area (Å²) in [5, 5.41) is 3.60. The zero-order chi connectivity index (χ0) is 14.4. The summed E-state index contributed by atoms with van der Waals surface area (Å²) in [5.41, 5.74) is 5.49. The third kappa shape index (κ3) is 2.58. The van der Waals surface area contributed by atoms with E-state index in [1.54, 1.807) is 0 Å². The van der Waals surface area contributed by atoms with E-state index in [9.17, 15) is 0 Å². The molecule has 1 heterocycles. The lowest BCUT2D eigenvalue weighted by atomic mass is 9.92. The van der Waals surface area contributed by atoms with Crippen molar-refractivity contribution in [3.05, 3.63) is 71.1 Å². The molecule has 0 spiro atoms. The minimum Gasteiger partial charge on any atom is -0.355 e. The normalized spacial score (nSPS) is 25.8. The lowest BCUT2D eigenvalue weighted by molar-refractivity contribution is 0.626. The van der Waals surface area contributed by atoms with Crippen LogP contribution in [0.15, 0.2) is 71.1 Å². The van der Waals surface area contributed by atoms with Crippen LogP contribution in [0.5, 0.6) is 0 Å². The highest BCUT2D eigenvalue weighted by atomic mass is 14.9. The summed E-state index contributed by atoms with van der Waals surface area (Å²) in [6.07, 6.45) is 19.1. The van der Waals surface area contributed by atoms with Gasteiger partial charge in [0.1, 0.15) is 0 Å². The van der Waals surface area contributed by atoms with Gasteiger partial charge >= 0.3 is 0 Å². The van der Waals surface area contributed by atoms with Crippen molar-refractivity contribution in [1.82, 2.24) is 5.32 Å². The van der Waals surface area contributed by atoms with E-state index in [2.05, 4.69) is 81.6 Å². The maximum atomic E-state index is 3.60. The zero-order valence-electron chi connectivity index (χ0n) is 12.8.